The molecule has 0 aliphatic heterocycles. The molecule has 0 aliphatic rings. The number of hydrogen-bond donors (Lipinski definition) is 3. The minimum Gasteiger partial charge on any atom is -0.493 e. The summed E-state index contributed by atoms with van der Waals surface area (Å²) in [5.41, 5.74) is 2.22. The fourth-order valence-corrected chi connectivity index (χ4v) is 2.91. The van der Waals surface area contributed by atoms with Crippen molar-refractivity contribution in [1.29, 1.82) is 0 Å². The van der Waals surface area contributed by atoms with Gasteiger partial charge in [0, 0.05) is 32.2 Å². The van der Waals surface area contributed by atoms with Crippen LogP contribution in [-0.4, -0.2) is 47.4 Å². The van der Waals surface area contributed by atoms with Crippen LogP contribution in [0.3, 0.4) is 0 Å². The van der Waals surface area contributed by atoms with E-state index in [-0.39, 0.29) is 0 Å². The summed E-state index contributed by atoms with van der Waals surface area (Å²) in [6.45, 7) is 8.50. The predicted molar refractivity (Wildman–Crippen MR) is 112 cm³/mol. The maximum Gasteiger partial charge on any atom is 0.208 e. The predicted octanol–water partition coefficient (Wildman–Crippen LogP) is 2.02. The zero-order valence-corrected chi connectivity index (χ0v) is 17.9. The normalized spacial score (nSPS) is 12.3. The summed E-state index contributed by atoms with van der Waals surface area (Å²) in [5.74, 6) is 2.18. The molecule has 0 aromatic heterocycles. The molecule has 0 heterocycles. The molecular weight excluding hydrogens is 364 g/mol. The Morgan fingerprint density at radius 3 is 2.59 bits per heavy atom. The Morgan fingerprint density at radius 2 is 1.96 bits per heavy atom. The van der Waals surface area contributed by atoms with Gasteiger partial charge in [0.25, 0.3) is 0 Å². The van der Waals surface area contributed by atoms with Gasteiger partial charge in [-0.25, -0.2) is 13.1 Å². The number of ether oxygens (including phenoxy) is 1. The molecule has 3 N–H and O–H groups in total. The van der Waals surface area contributed by atoms with Crippen molar-refractivity contribution in [1.82, 2.24) is 15.4 Å². The lowest BCUT2D eigenvalue weighted by Crippen LogP contribution is -2.41. The highest BCUT2D eigenvalue weighted by Crippen LogP contribution is 2.21. The van der Waals surface area contributed by atoms with Crippen LogP contribution in [0.5, 0.6) is 5.75 Å². The van der Waals surface area contributed by atoms with Gasteiger partial charge in [0.1, 0.15) is 5.75 Å². The molecule has 27 heavy (non-hydrogen) atoms. The summed E-state index contributed by atoms with van der Waals surface area (Å²) in [5, 5.41) is 6.31. The van der Waals surface area contributed by atoms with E-state index >= 15 is 0 Å². The first-order chi connectivity index (χ1) is 12.7. The van der Waals surface area contributed by atoms with Gasteiger partial charge < -0.3 is 15.4 Å². The molecule has 0 fully saturated rings. The van der Waals surface area contributed by atoms with Crippen molar-refractivity contribution in [3.8, 4) is 5.75 Å². The standard InChI is InChI=1S/C19H34N4O3S/c1-15(2)7-6-12-26-18-13-16(3)8-9-17(18)14-22-19(20-4)21-10-11-23-27(5,24)25/h8-9,13,15,23H,6-7,10-12,14H2,1-5H3,(H2,20,21,22). The Bertz CT molecular complexity index is 703. The van der Waals surface area contributed by atoms with Crippen molar-refractivity contribution in [2.24, 2.45) is 10.9 Å². The third-order valence-electron chi connectivity index (χ3n) is 3.86. The monoisotopic (exact) mass is 398 g/mol. The molecule has 1 rings (SSSR count). The maximum absolute atomic E-state index is 11.1. The minimum atomic E-state index is -3.18. The molecule has 0 radical (unpaired) electrons. The first-order valence-electron chi connectivity index (χ1n) is 9.32. The van der Waals surface area contributed by atoms with E-state index in [0.717, 1.165) is 36.0 Å². The van der Waals surface area contributed by atoms with Crippen molar-refractivity contribution in [3.05, 3.63) is 29.3 Å². The number of aliphatic imine (C=N–C) groups is 1. The van der Waals surface area contributed by atoms with Gasteiger partial charge in [-0.15, -0.1) is 0 Å². The second-order valence-corrected chi connectivity index (χ2v) is 8.85. The molecule has 154 valence electrons. The maximum atomic E-state index is 11.1. The molecule has 0 unspecified atom stereocenters. The van der Waals surface area contributed by atoms with E-state index < -0.39 is 10.0 Å². The van der Waals surface area contributed by atoms with Crippen LogP contribution in [0.4, 0.5) is 0 Å². The van der Waals surface area contributed by atoms with Crippen LogP contribution < -0.4 is 20.1 Å². The summed E-state index contributed by atoms with van der Waals surface area (Å²) in [6, 6.07) is 6.17. The van der Waals surface area contributed by atoms with Crippen LogP contribution in [-0.2, 0) is 16.6 Å². The number of hydrogen-bond acceptors (Lipinski definition) is 4. The molecule has 0 bridgehead atoms. The minimum absolute atomic E-state index is 0.300. The van der Waals surface area contributed by atoms with Crippen LogP contribution in [0.1, 0.15) is 37.8 Å². The molecule has 0 atom stereocenters. The molecule has 0 saturated heterocycles. The Labute approximate surface area is 164 Å². The van der Waals surface area contributed by atoms with Gasteiger partial charge in [-0.1, -0.05) is 26.0 Å². The zero-order valence-electron chi connectivity index (χ0n) is 17.1. The van der Waals surface area contributed by atoms with Crippen LogP contribution >= 0.6 is 0 Å². The Kier molecular flexibility index (Phi) is 10.2. The fraction of sp³-hybridized carbons (Fsp3) is 0.632. The molecule has 0 amide bonds. The number of sulfonamides is 1. The van der Waals surface area contributed by atoms with E-state index in [1.165, 1.54) is 0 Å². The third kappa shape index (κ3) is 10.8. The van der Waals surface area contributed by atoms with Crippen molar-refractivity contribution in [3.63, 3.8) is 0 Å². The van der Waals surface area contributed by atoms with Crippen LogP contribution in [0, 0.1) is 12.8 Å². The molecule has 0 aliphatic carbocycles. The Balaban J connectivity index is 2.53. The zero-order chi connectivity index (χ0) is 20.3. The number of guanidine groups is 1. The van der Waals surface area contributed by atoms with Crippen molar-refractivity contribution in [2.45, 2.75) is 40.2 Å². The Hall–Kier alpha value is -1.80. The molecule has 7 nitrogen and oxygen atoms in total. The quantitative estimate of drug-likeness (QED) is 0.301. The van der Waals surface area contributed by atoms with E-state index in [9.17, 15) is 8.42 Å². The summed E-state index contributed by atoms with van der Waals surface area (Å²) in [7, 11) is -1.50. The van der Waals surface area contributed by atoms with E-state index in [1.54, 1.807) is 7.05 Å². The highest BCUT2D eigenvalue weighted by molar-refractivity contribution is 7.88. The van der Waals surface area contributed by atoms with Crippen LogP contribution in [0.2, 0.25) is 0 Å². The number of nitrogens with zero attached hydrogens (tertiary/aromatic N) is 1. The van der Waals surface area contributed by atoms with Gasteiger partial charge in [-0.3, -0.25) is 4.99 Å². The lowest BCUT2D eigenvalue weighted by molar-refractivity contribution is 0.294. The summed E-state index contributed by atoms with van der Waals surface area (Å²) in [6.07, 6.45) is 3.33. The smallest absolute Gasteiger partial charge is 0.208 e. The summed E-state index contributed by atoms with van der Waals surface area (Å²) < 4.78 is 30.6. The van der Waals surface area contributed by atoms with Crippen molar-refractivity contribution in [2.75, 3.05) is 33.0 Å². The first kappa shape index (κ1) is 23.2. The average molecular weight is 399 g/mol. The van der Waals surface area contributed by atoms with Crippen molar-refractivity contribution >= 4 is 16.0 Å². The van der Waals surface area contributed by atoms with Gasteiger partial charge in [0.2, 0.25) is 10.0 Å². The fourth-order valence-electron chi connectivity index (χ4n) is 2.43. The second-order valence-electron chi connectivity index (χ2n) is 7.01. The average Bonchev–Trinajstić information content (AvgIpc) is 2.58. The molecule has 0 saturated carbocycles. The lowest BCUT2D eigenvalue weighted by Gasteiger charge is -2.16. The summed E-state index contributed by atoms with van der Waals surface area (Å²) in [4.78, 5) is 4.16. The van der Waals surface area contributed by atoms with Crippen LogP contribution in [0.15, 0.2) is 23.2 Å². The highest BCUT2D eigenvalue weighted by atomic mass is 32.2. The van der Waals surface area contributed by atoms with E-state index in [4.69, 9.17) is 4.74 Å². The van der Waals surface area contributed by atoms with Gasteiger partial charge in [-0.2, -0.15) is 0 Å². The van der Waals surface area contributed by atoms with Gasteiger partial charge in [0.15, 0.2) is 5.96 Å². The van der Waals surface area contributed by atoms with E-state index in [2.05, 4.69) is 52.4 Å². The van der Waals surface area contributed by atoms with E-state index in [1.807, 2.05) is 6.92 Å². The number of benzene rings is 1. The molecule has 0 spiro atoms. The Morgan fingerprint density at radius 1 is 1.22 bits per heavy atom. The lowest BCUT2D eigenvalue weighted by atomic mass is 10.1. The van der Waals surface area contributed by atoms with Gasteiger partial charge >= 0.3 is 0 Å². The van der Waals surface area contributed by atoms with Gasteiger partial charge in [0.05, 0.1) is 12.9 Å². The number of rotatable bonds is 11. The van der Waals surface area contributed by atoms with Crippen LogP contribution in [0.25, 0.3) is 0 Å². The van der Waals surface area contributed by atoms with Crippen molar-refractivity contribution < 1.29 is 13.2 Å². The molecular formula is C19H34N4O3S. The number of nitrogens with one attached hydrogen (secondary N) is 3. The number of aryl methyl sites for hydroxylation is 1. The topological polar surface area (TPSA) is 91.8 Å². The SMILES string of the molecule is CN=C(NCCNS(C)(=O)=O)NCc1ccc(C)cc1OCCCC(C)C. The molecule has 8 heteroatoms. The second kappa shape index (κ2) is 11.8. The third-order valence-corrected chi connectivity index (χ3v) is 4.59. The highest BCUT2D eigenvalue weighted by Gasteiger charge is 2.07. The van der Waals surface area contributed by atoms with Gasteiger partial charge in [-0.05, 0) is 37.3 Å². The largest absolute Gasteiger partial charge is 0.493 e. The van der Waals surface area contributed by atoms with E-state index in [0.29, 0.717) is 38.1 Å². The molecule has 1 aromatic rings. The summed E-state index contributed by atoms with van der Waals surface area (Å²) >= 11 is 0. The molecule has 1 aromatic carbocycles. The first-order valence-corrected chi connectivity index (χ1v) is 11.2.